The molecular formula is C20H19ClN4O5S. The van der Waals surface area contributed by atoms with Crippen LogP contribution >= 0.6 is 11.6 Å². The lowest BCUT2D eigenvalue weighted by Crippen LogP contribution is -2.43. The highest BCUT2D eigenvalue weighted by molar-refractivity contribution is 7.89. The Morgan fingerprint density at radius 3 is 2.68 bits per heavy atom. The van der Waals surface area contributed by atoms with Crippen molar-refractivity contribution in [2.75, 3.05) is 19.0 Å². The molecule has 2 aromatic carbocycles. The van der Waals surface area contributed by atoms with Crippen LogP contribution in [0.3, 0.4) is 0 Å². The van der Waals surface area contributed by atoms with Gasteiger partial charge in [0.15, 0.2) is 0 Å². The average Bonchev–Trinajstić information content (AvgIpc) is 3.44. The average molecular weight is 463 g/mol. The summed E-state index contributed by atoms with van der Waals surface area (Å²) in [6.45, 7) is 0.235. The number of halogens is 1. The molecule has 1 aliphatic rings. The fourth-order valence-corrected chi connectivity index (χ4v) is 5.21. The summed E-state index contributed by atoms with van der Waals surface area (Å²) in [5.41, 5.74) is 0.575. The minimum absolute atomic E-state index is 0.0767. The van der Waals surface area contributed by atoms with E-state index in [0.717, 1.165) is 0 Å². The highest BCUT2D eigenvalue weighted by Gasteiger charge is 2.40. The minimum atomic E-state index is -3.86. The maximum absolute atomic E-state index is 13.0. The Balaban J connectivity index is 1.52. The molecule has 11 heteroatoms. The number of rotatable bonds is 6. The lowest BCUT2D eigenvalue weighted by Gasteiger charge is -2.22. The van der Waals surface area contributed by atoms with Gasteiger partial charge in [-0.05, 0) is 49.2 Å². The molecule has 0 saturated carbocycles. The first-order valence-corrected chi connectivity index (χ1v) is 11.3. The molecule has 3 aromatic rings. The van der Waals surface area contributed by atoms with Crippen LogP contribution in [-0.2, 0) is 14.8 Å². The number of nitrogens with zero attached hydrogens (tertiary/aromatic N) is 3. The van der Waals surface area contributed by atoms with Crippen molar-refractivity contribution >= 4 is 33.5 Å². The van der Waals surface area contributed by atoms with Crippen LogP contribution in [0.4, 0.5) is 6.01 Å². The Morgan fingerprint density at radius 1 is 1.19 bits per heavy atom. The molecule has 0 aliphatic carbocycles. The number of methoxy groups -OCH3 is 1. The Morgan fingerprint density at radius 2 is 1.94 bits per heavy atom. The number of amides is 1. The maximum Gasteiger partial charge on any atom is 0.322 e. The Bertz CT molecular complexity index is 1200. The zero-order valence-electron chi connectivity index (χ0n) is 16.5. The Hall–Kier alpha value is -2.95. The van der Waals surface area contributed by atoms with Crippen molar-refractivity contribution in [3.05, 3.63) is 53.6 Å². The van der Waals surface area contributed by atoms with Gasteiger partial charge in [0.05, 0.1) is 17.6 Å². The number of hydrogen-bond donors (Lipinski definition) is 1. The third-order valence-electron chi connectivity index (χ3n) is 4.92. The van der Waals surface area contributed by atoms with Crippen LogP contribution in [0.5, 0.6) is 5.75 Å². The van der Waals surface area contributed by atoms with Crippen molar-refractivity contribution in [2.45, 2.75) is 23.8 Å². The van der Waals surface area contributed by atoms with Crippen molar-refractivity contribution in [1.82, 2.24) is 14.5 Å². The first kappa shape index (κ1) is 21.3. The largest absolute Gasteiger partial charge is 0.496 e. The molecule has 9 nitrogen and oxygen atoms in total. The summed E-state index contributed by atoms with van der Waals surface area (Å²) in [7, 11) is -2.34. The van der Waals surface area contributed by atoms with E-state index in [4.69, 9.17) is 20.8 Å². The summed E-state index contributed by atoms with van der Waals surface area (Å²) in [4.78, 5) is 12.9. The van der Waals surface area contributed by atoms with Crippen molar-refractivity contribution in [1.29, 1.82) is 0 Å². The summed E-state index contributed by atoms with van der Waals surface area (Å²) >= 11 is 5.85. The predicted molar refractivity (Wildman–Crippen MR) is 113 cm³/mol. The lowest BCUT2D eigenvalue weighted by molar-refractivity contribution is -0.119. The fraction of sp³-hybridized carbons (Fsp3) is 0.250. The van der Waals surface area contributed by atoms with Gasteiger partial charge in [0.1, 0.15) is 11.8 Å². The Labute approximate surface area is 184 Å². The van der Waals surface area contributed by atoms with Gasteiger partial charge in [0.25, 0.3) is 5.89 Å². The molecular weight excluding hydrogens is 444 g/mol. The number of carbonyl (C=O) groups is 1. The maximum atomic E-state index is 13.0. The molecule has 31 heavy (non-hydrogen) atoms. The Kier molecular flexibility index (Phi) is 5.94. The van der Waals surface area contributed by atoms with Gasteiger partial charge < -0.3 is 9.15 Å². The van der Waals surface area contributed by atoms with E-state index in [1.165, 1.54) is 35.7 Å². The number of anilines is 1. The molecule has 1 amide bonds. The van der Waals surface area contributed by atoms with Crippen molar-refractivity contribution < 1.29 is 22.4 Å². The van der Waals surface area contributed by atoms with Gasteiger partial charge in [0, 0.05) is 11.6 Å². The standard InChI is InChI=1S/C20H19ClN4O5S/c1-29-17-7-3-2-5-15(17)19-23-24-20(30-19)22-18(26)16-6-4-12-25(16)31(27,28)14-10-8-13(21)9-11-14/h2-3,5,7-11,16H,4,6,12H2,1H3,(H,22,24,26). The molecule has 0 bridgehead atoms. The van der Waals surface area contributed by atoms with Crippen molar-refractivity contribution in [3.8, 4) is 17.2 Å². The zero-order valence-corrected chi connectivity index (χ0v) is 18.1. The summed E-state index contributed by atoms with van der Waals surface area (Å²) in [6, 6.07) is 11.9. The third kappa shape index (κ3) is 4.27. The smallest absolute Gasteiger partial charge is 0.322 e. The first-order chi connectivity index (χ1) is 14.9. The molecule has 1 atom stereocenters. The molecule has 1 N–H and O–H groups in total. The van der Waals surface area contributed by atoms with Gasteiger partial charge in [-0.15, -0.1) is 5.10 Å². The molecule has 0 spiro atoms. The fourth-order valence-electron chi connectivity index (χ4n) is 3.42. The normalized spacial score (nSPS) is 16.9. The van der Waals surface area contributed by atoms with E-state index >= 15 is 0 Å². The topological polar surface area (TPSA) is 115 Å². The molecule has 1 aliphatic heterocycles. The number of ether oxygens (including phenoxy) is 1. The number of benzene rings is 2. The van der Waals surface area contributed by atoms with Crippen LogP contribution < -0.4 is 10.1 Å². The van der Waals surface area contributed by atoms with E-state index < -0.39 is 22.0 Å². The first-order valence-electron chi connectivity index (χ1n) is 9.45. The number of hydrogen-bond acceptors (Lipinski definition) is 7. The van der Waals surface area contributed by atoms with E-state index in [2.05, 4.69) is 15.5 Å². The van der Waals surface area contributed by atoms with Gasteiger partial charge in [-0.1, -0.05) is 28.8 Å². The van der Waals surface area contributed by atoms with Gasteiger partial charge >= 0.3 is 6.01 Å². The minimum Gasteiger partial charge on any atom is -0.496 e. The van der Waals surface area contributed by atoms with E-state index in [1.54, 1.807) is 24.3 Å². The van der Waals surface area contributed by atoms with Crippen LogP contribution in [0.25, 0.3) is 11.5 Å². The predicted octanol–water partition coefficient (Wildman–Crippen LogP) is 3.19. The highest BCUT2D eigenvalue weighted by Crippen LogP contribution is 2.30. The van der Waals surface area contributed by atoms with Crippen LogP contribution in [0.1, 0.15) is 12.8 Å². The summed E-state index contributed by atoms with van der Waals surface area (Å²) in [6.07, 6.45) is 0.938. The van der Waals surface area contributed by atoms with Crippen LogP contribution in [0.2, 0.25) is 5.02 Å². The molecule has 2 heterocycles. The third-order valence-corrected chi connectivity index (χ3v) is 7.09. The molecule has 1 saturated heterocycles. The number of aromatic nitrogens is 2. The molecule has 0 radical (unpaired) electrons. The van der Waals surface area contributed by atoms with Gasteiger partial charge in [-0.25, -0.2) is 8.42 Å². The van der Waals surface area contributed by atoms with E-state index in [1.807, 2.05) is 0 Å². The van der Waals surface area contributed by atoms with Gasteiger partial charge in [-0.3, -0.25) is 10.1 Å². The molecule has 1 aromatic heterocycles. The highest BCUT2D eigenvalue weighted by atomic mass is 35.5. The lowest BCUT2D eigenvalue weighted by atomic mass is 10.2. The summed E-state index contributed by atoms with van der Waals surface area (Å²) in [5.74, 6) is 0.176. The number of carbonyl (C=O) groups excluding carboxylic acids is 1. The van der Waals surface area contributed by atoms with E-state index in [0.29, 0.717) is 29.2 Å². The molecule has 162 valence electrons. The number of nitrogens with one attached hydrogen (secondary N) is 1. The zero-order chi connectivity index (χ0) is 22.0. The monoisotopic (exact) mass is 462 g/mol. The summed E-state index contributed by atoms with van der Waals surface area (Å²) in [5, 5.41) is 10.7. The van der Waals surface area contributed by atoms with Crippen molar-refractivity contribution in [3.63, 3.8) is 0 Å². The number of para-hydroxylation sites is 1. The summed E-state index contributed by atoms with van der Waals surface area (Å²) < 4.78 is 38.0. The van der Waals surface area contributed by atoms with Crippen LogP contribution in [0.15, 0.2) is 57.8 Å². The second-order valence-electron chi connectivity index (χ2n) is 6.83. The molecule has 1 unspecified atom stereocenters. The quantitative estimate of drug-likeness (QED) is 0.598. The number of sulfonamides is 1. The second kappa shape index (κ2) is 8.66. The van der Waals surface area contributed by atoms with Crippen molar-refractivity contribution in [2.24, 2.45) is 0 Å². The van der Waals surface area contributed by atoms with Crippen LogP contribution in [0, 0.1) is 0 Å². The van der Waals surface area contributed by atoms with Crippen LogP contribution in [-0.4, -0.2) is 48.5 Å². The molecule has 4 rings (SSSR count). The van der Waals surface area contributed by atoms with Gasteiger partial charge in [0.2, 0.25) is 15.9 Å². The van der Waals surface area contributed by atoms with Gasteiger partial charge in [-0.2, -0.15) is 4.31 Å². The molecule has 1 fully saturated rings. The van der Waals surface area contributed by atoms with E-state index in [9.17, 15) is 13.2 Å². The second-order valence-corrected chi connectivity index (χ2v) is 9.16. The van der Waals surface area contributed by atoms with E-state index in [-0.39, 0.29) is 23.3 Å². The SMILES string of the molecule is COc1ccccc1-c1nnc(NC(=O)C2CCCN2S(=O)(=O)c2ccc(Cl)cc2)o1.